The van der Waals surface area contributed by atoms with Crippen LogP contribution in [0.5, 0.6) is 0 Å². The summed E-state index contributed by atoms with van der Waals surface area (Å²) in [5.74, 6) is -0.176. The van der Waals surface area contributed by atoms with Crippen LogP contribution < -0.4 is 5.32 Å². The maximum atomic E-state index is 12.1. The lowest BCUT2D eigenvalue weighted by Crippen LogP contribution is -2.30. The summed E-state index contributed by atoms with van der Waals surface area (Å²) >= 11 is 0. The second-order valence-corrected chi connectivity index (χ2v) is 5.45. The fourth-order valence-electron chi connectivity index (χ4n) is 1.57. The first-order chi connectivity index (χ1) is 9.22. The minimum absolute atomic E-state index is 0.119. The predicted octanol–water partition coefficient (Wildman–Crippen LogP) is 2.86. The normalized spacial score (nSPS) is 11.1. The second-order valence-electron chi connectivity index (χ2n) is 5.45. The van der Waals surface area contributed by atoms with E-state index in [-0.39, 0.29) is 5.91 Å². The summed E-state index contributed by atoms with van der Waals surface area (Å²) in [5, 5.41) is 2.76. The number of ether oxygens (including phenoxy) is 1. The lowest BCUT2D eigenvalue weighted by Gasteiger charge is -2.21. The van der Waals surface area contributed by atoms with E-state index in [1.165, 1.54) is 7.11 Å². The number of methoxy groups -OCH3 is 1. The molecule has 1 amide bonds. The Kier molecular flexibility index (Phi) is 4.87. The molecule has 0 unspecified atom stereocenters. The van der Waals surface area contributed by atoms with Gasteiger partial charge in [0.05, 0.1) is 12.7 Å². The highest BCUT2D eigenvalue weighted by Gasteiger charge is 2.26. The van der Waals surface area contributed by atoms with Gasteiger partial charge in [-0.3, -0.25) is 4.79 Å². The lowest BCUT2D eigenvalue weighted by atomic mass is 9.89. The number of amides is 1. The van der Waals surface area contributed by atoms with Crippen molar-refractivity contribution >= 4 is 17.7 Å². The molecule has 0 aliphatic carbocycles. The third kappa shape index (κ3) is 3.35. The zero-order valence-electron chi connectivity index (χ0n) is 13.0. The molecule has 0 saturated heterocycles. The van der Waals surface area contributed by atoms with Crippen LogP contribution in [-0.2, 0) is 9.53 Å². The minimum atomic E-state index is -0.480. The molecular weight excluding hydrogens is 256 g/mol. The SMILES string of the molecule is CCC(C)(C)C(=O)Nc1cc(C(=O)OC)c(C)c(C)n1. The van der Waals surface area contributed by atoms with Crippen molar-refractivity contribution in [2.45, 2.75) is 41.0 Å². The summed E-state index contributed by atoms with van der Waals surface area (Å²) in [6.45, 7) is 9.28. The van der Waals surface area contributed by atoms with Gasteiger partial charge in [-0.2, -0.15) is 0 Å². The summed E-state index contributed by atoms with van der Waals surface area (Å²) in [4.78, 5) is 28.2. The van der Waals surface area contributed by atoms with Crippen molar-refractivity contribution in [3.05, 3.63) is 22.9 Å². The zero-order chi connectivity index (χ0) is 15.5. The molecule has 0 radical (unpaired) electrons. The van der Waals surface area contributed by atoms with Crippen molar-refractivity contribution in [2.24, 2.45) is 5.41 Å². The van der Waals surface area contributed by atoms with E-state index in [1.54, 1.807) is 19.9 Å². The van der Waals surface area contributed by atoms with Crippen molar-refractivity contribution in [1.82, 2.24) is 4.98 Å². The molecule has 1 aromatic heterocycles. The van der Waals surface area contributed by atoms with Gasteiger partial charge in [0.1, 0.15) is 5.82 Å². The number of anilines is 1. The van der Waals surface area contributed by atoms with Crippen LogP contribution >= 0.6 is 0 Å². The van der Waals surface area contributed by atoms with Gasteiger partial charge < -0.3 is 10.1 Å². The van der Waals surface area contributed by atoms with E-state index in [4.69, 9.17) is 4.74 Å². The number of hydrogen-bond donors (Lipinski definition) is 1. The van der Waals surface area contributed by atoms with Gasteiger partial charge >= 0.3 is 5.97 Å². The van der Waals surface area contributed by atoms with Gasteiger partial charge in [0.2, 0.25) is 5.91 Å². The molecule has 1 aromatic rings. The minimum Gasteiger partial charge on any atom is -0.465 e. The molecule has 110 valence electrons. The number of esters is 1. The summed E-state index contributed by atoms with van der Waals surface area (Å²) < 4.78 is 4.74. The largest absolute Gasteiger partial charge is 0.465 e. The van der Waals surface area contributed by atoms with E-state index in [0.717, 1.165) is 5.56 Å². The number of rotatable bonds is 4. The molecule has 0 saturated carbocycles. The fraction of sp³-hybridized carbons (Fsp3) is 0.533. The van der Waals surface area contributed by atoms with E-state index in [9.17, 15) is 9.59 Å². The van der Waals surface area contributed by atoms with Gasteiger partial charge in [-0.05, 0) is 31.9 Å². The molecule has 1 heterocycles. The standard InChI is InChI=1S/C15H22N2O3/c1-7-15(4,5)14(19)17-12-8-11(13(18)20-6)9(2)10(3)16-12/h8H,7H2,1-6H3,(H,16,17,19). The fourth-order valence-corrected chi connectivity index (χ4v) is 1.57. The lowest BCUT2D eigenvalue weighted by molar-refractivity contribution is -0.124. The maximum absolute atomic E-state index is 12.1. The number of aryl methyl sites for hydroxylation is 1. The van der Waals surface area contributed by atoms with Crippen LogP contribution in [0.25, 0.3) is 0 Å². The molecule has 0 aliphatic rings. The Labute approximate surface area is 119 Å². The summed E-state index contributed by atoms with van der Waals surface area (Å²) in [6, 6.07) is 1.55. The van der Waals surface area contributed by atoms with Crippen molar-refractivity contribution in [3.8, 4) is 0 Å². The highest BCUT2D eigenvalue weighted by atomic mass is 16.5. The Morgan fingerprint density at radius 2 is 1.95 bits per heavy atom. The number of carbonyl (C=O) groups is 2. The van der Waals surface area contributed by atoms with E-state index in [2.05, 4.69) is 10.3 Å². The first-order valence-electron chi connectivity index (χ1n) is 6.61. The molecule has 1 rings (SSSR count). The molecule has 0 fully saturated rings. The van der Waals surface area contributed by atoms with Crippen LogP contribution in [0, 0.1) is 19.3 Å². The topological polar surface area (TPSA) is 68.3 Å². The summed E-state index contributed by atoms with van der Waals surface area (Å²) in [6.07, 6.45) is 0.716. The second kappa shape index (κ2) is 6.03. The van der Waals surface area contributed by atoms with Crippen LogP contribution in [0.1, 0.15) is 48.8 Å². The molecule has 20 heavy (non-hydrogen) atoms. The smallest absolute Gasteiger partial charge is 0.338 e. The van der Waals surface area contributed by atoms with E-state index in [1.807, 2.05) is 20.8 Å². The average molecular weight is 278 g/mol. The summed E-state index contributed by atoms with van der Waals surface area (Å²) in [5.41, 5.74) is 1.39. The van der Waals surface area contributed by atoms with E-state index in [0.29, 0.717) is 23.5 Å². The Hall–Kier alpha value is -1.91. The first kappa shape index (κ1) is 16.1. The molecule has 0 aromatic carbocycles. The van der Waals surface area contributed by atoms with Crippen molar-refractivity contribution in [1.29, 1.82) is 0 Å². The number of nitrogens with zero attached hydrogens (tertiary/aromatic N) is 1. The van der Waals surface area contributed by atoms with Crippen molar-refractivity contribution in [3.63, 3.8) is 0 Å². The Morgan fingerprint density at radius 1 is 1.35 bits per heavy atom. The number of hydrogen-bond acceptors (Lipinski definition) is 4. The highest BCUT2D eigenvalue weighted by molar-refractivity contribution is 5.96. The number of aromatic nitrogens is 1. The van der Waals surface area contributed by atoms with Gasteiger partial charge in [-0.25, -0.2) is 9.78 Å². The van der Waals surface area contributed by atoms with Crippen LogP contribution in [-0.4, -0.2) is 24.0 Å². The van der Waals surface area contributed by atoms with Crippen LogP contribution in [0.15, 0.2) is 6.07 Å². The number of nitrogens with one attached hydrogen (secondary N) is 1. The van der Waals surface area contributed by atoms with Gasteiger partial charge in [0.15, 0.2) is 0 Å². The maximum Gasteiger partial charge on any atom is 0.338 e. The van der Waals surface area contributed by atoms with Gasteiger partial charge in [-0.1, -0.05) is 20.8 Å². The quantitative estimate of drug-likeness (QED) is 0.860. The summed E-state index contributed by atoms with van der Waals surface area (Å²) in [7, 11) is 1.33. The van der Waals surface area contributed by atoms with E-state index < -0.39 is 11.4 Å². The van der Waals surface area contributed by atoms with Gasteiger partial charge in [0, 0.05) is 11.1 Å². The Bertz CT molecular complexity index is 536. The van der Waals surface area contributed by atoms with Gasteiger partial charge in [-0.15, -0.1) is 0 Å². The number of carbonyl (C=O) groups excluding carboxylic acids is 2. The monoisotopic (exact) mass is 278 g/mol. The van der Waals surface area contributed by atoms with Crippen molar-refractivity contribution in [2.75, 3.05) is 12.4 Å². The predicted molar refractivity (Wildman–Crippen MR) is 77.8 cm³/mol. The molecule has 5 nitrogen and oxygen atoms in total. The Balaban J connectivity index is 3.12. The zero-order valence-corrected chi connectivity index (χ0v) is 13.0. The highest BCUT2D eigenvalue weighted by Crippen LogP contribution is 2.23. The molecule has 0 aliphatic heterocycles. The molecule has 0 atom stereocenters. The molecule has 1 N–H and O–H groups in total. The van der Waals surface area contributed by atoms with Gasteiger partial charge in [0.25, 0.3) is 0 Å². The van der Waals surface area contributed by atoms with E-state index >= 15 is 0 Å². The Morgan fingerprint density at radius 3 is 2.45 bits per heavy atom. The van der Waals surface area contributed by atoms with Crippen LogP contribution in [0.3, 0.4) is 0 Å². The third-order valence-corrected chi connectivity index (χ3v) is 3.66. The molecular formula is C15H22N2O3. The van der Waals surface area contributed by atoms with Crippen molar-refractivity contribution < 1.29 is 14.3 Å². The molecule has 0 spiro atoms. The van der Waals surface area contributed by atoms with Crippen LogP contribution in [0.4, 0.5) is 5.82 Å². The first-order valence-corrected chi connectivity index (χ1v) is 6.61. The molecule has 5 heteroatoms. The van der Waals surface area contributed by atoms with Crippen LogP contribution in [0.2, 0.25) is 0 Å². The average Bonchev–Trinajstić information content (AvgIpc) is 2.41. The third-order valence-electron chi connectivity index (χ3n) is 3.66. The molecule has 0 bridgehead atoms. The number of pyridine rings is 1.